The molecule has 0 aliphatic carbocycles. The topological polar surface area (TPSA) is 94.3 Å². The van der Waals surface area contributed by atoms with Crippen molar-refractivity contribution in [3.63, 3.8) is 0 Å². The van der Waals surface area contributed by atoms with Gasteiger partial charge in [0.2, 0.25) is 11.8 Å². The van der Waals surface area contributed by atoms with E-state index in [2.05, 4.69) is 15.6 Å². The molecule has 6 rings (SSSR count). The molecule has 3 amide bonds. The first-order valence-corrected chi connectivity index (χ1v) is 14.1. The summed E-state index contributed by atoms with van der Waals surface area (Å²) in [5, 5.41) is 7.59. The van der Waals surface area contributed by atoms with Gasteiger partial charge in [0.25, 0.3) is 5.91 Å². The Kier molecular flexibility index (Phi) is 6.84. The molecule has 8 heteroatoms. The van der Waals surface area contributed by atoms with Crippen LogP contribution in [0.3, 0.4) is 0 Å². The van der Waals surface area contributed by atoms with E-state index < -0.39 is 18.1 Å². The molecule has 0 saturated heterocycles. The standard InChI is InChI=1S/C32H31ClN4O3/c1-3-18(2)27(31(39)34-17-19-10-4-8-14-24(19)33)36-30(38)26-16-23-20-11-7-9-15-25(20)35-28(23)29-21-12-5-6-13-22(21)32(40)37(26)29/h4-15,18,26-27,29,35H,3,16-17H2,1-2H3,(H,34,39)(H,36,38)/t18?,26-,27-,29?/m0/s1. The Balaban J connectivity index is 1.32. The number of benzene rings is 3. The van der Waals surface area contributed by atoms with Gasteiger partial charge in [-0.05, 0) is 40.8 Å². The lowest BCUT2D eigenvalue weighted by Gasteiger charge is -2.38. The molecule has 0 radical (unpaired) electrons. The zero-order valence-corrected chi connectivity index (χ0v) is 23.2. The van der Waals surface area contributed by atoms with Crippen LogP contribution in [0.25, 0.3) is 10.9 Å². The second-order valence-corrected chi connectivity index (χ2v) is 11.1. The first-order valence-electron chi connectivity index (χ1n) is 13.7. The average Bonchev–Trinajstić information content (AvgIpc) is 3.50. The Morgan fingerprint density at radius 2 is 1.77 bits per heavy atom. The first kappa shape index (κ1) is 26.1. The summed E-state index contributed by atoms with van der Waals surface area (Å²) < 4.78 is 0. The van der Waals surface area contributed by atoms with E-state index in [-0.39, 0.29) is 30.2 Å². The second kappa shape index (κ2) is 10.5. The van der Waals surface area contributed by atoms with Crippen LogP contribution in [0, 0.1) is 5.92 Å². The fourth-order valence-electron chi connectivity index (χ4n) is 6.02. The molecule has 40 heavy (non-hydrogen) atoms. The zero-order valence-electron chi connectivity index (χ0n) is 22.4. The predicted molar refractivity (Wildman–Crippen MR) is 155 cm³/mol. The normalized spacial score (nSPS) is 19.0. The number of aromatic nitrogens is 1. The lowest BCUT2D eigenvalue weighted by Crippen LogP contribution is -2.58. The molecule has 3 heterocycles. The summed E-state index contributed by atoms with van der Waals surface area (Å²) >= 11 is 6.28. The van der Waals surface area contributed by atoms with Crippen LogP contribution in [0.1, 0.15) is 59.1 Å². The molecule has 0 saturated carbocycles. The molecule has 204 valence electrons. The Morgan fingerprint density at radius 3 is 2.58 bits per heavy atom. The maximum absolute atomic E-state index is 14.1. The van der Waals surface area contributed by atoms with Gasteiger partial charge < -0.3 is 20.5 Å². The number of para-hydroxylation sites is 1. The molecule has 2 unspecified atom stereocenters. The molecule has 3 aromatic carbocycles. The van der Waals surface area contributed by atoms with Gasteiger partial charge in [-0.25, -0.2) is 0 Å². The molecule has 0 fully saturated rings. The van der Waals surface area contributed by atoms with E-state index in [1.807, 2.05) is 80.6 Å². The average molecular weight is 555 g/mol. The third kappa shape index (κ3) is 4.34. The second-order valence-electron chi connectivity index (χ2n) is 10.7. The van der Waals surface area contributed by atoms with Crippen molar-refractivity contribution < 1.29 is 14.4 Å². The SMILES string of the molecule is CCC(C)[C@H](NC(=O)[C@@H]1Cc2c([nH]c3ccccc23)C2c3ccccc3C(=O)N21)C(=O)NCc1ccccc1Cl. The van der Waals surface area contributed by atoms with Gasteiger partial charge >= 0.3 is 0 Å². The number of halogens is 1. The molecule has 0 spiro atoms. The number of amides is 3. The highest BCUT2D eigenvalue weighted by molar-refractivity contribution is 6.31. The number of aromatic amines is 1. The van der Waals surface area contributed by atoms with Gasteiger partial charge in [-0.1, -0.05) is 86.5 Å². The van der Waals surface area contributed by atoms with Crippen LogP contribution in [-0.4, -0.2) is 39.7 Å². The molecule has 2 aliphatic heterocycles. The number of nitrogens with zero attached hydrogens (tertiary/aromatic N) is 1. The van der Waals surface area contributed by atoms with Crippen LogP contribution in [0.2, 0.25) is 5.02 Å². The Bertz CT molecular complexity index is 1630. The molecular weight excluding hydrogens is 524 g/mol. The fraction of sp³-hybridized carbons (Fsp3) is 0.281. The summed E-state index contributed by atoms with van der Waals surface area (Å²) in [7, 11) is 0. The van der Waals surface area contributed by atoms with Crippen molar-refractivity contribution in [3.8, 4) is 0 Å². The number of hydrogen-bond donors (Lipinski definition) is 3. The van der Waals surface area contributed by atoms with Crippen molar-refractivity contribution in [2.45, 2.75) is 51.4 Å². The summed E-state index contributed by atoms with van der Waals surface area (Å²) in [4.78, 5) is 46.4. The molecule has 3 N–H and O–H groups in total. The molecule has 1 aromatic heterocycles. The molecule has 2 aliphatic rings. The number of carbonyl (C=O) groups is 3. The van der Waals surface area contributed by atoms with E-state index in [1.165, 1.54) is 0 Å². The Hall–Kier alpha value is -4.10. The van der Waals surface area contributed by atoms with Gasteiger partial charge in [0, 0.05) is 40.1 Å². The highest BCUT2D eigenvalue weighted by Crippen LogP contribution is 2.46. The fourth-order valence-corrected chi connectivity index (χ4v) is 6.23. The zero-order chi connectivity index (χ0) is 28.0. The van der Waals surface area contributed by atoms with Crippen LogP contribution >= 0.6 is 11.6 Å². The van der Waals surface area contributed by atoms with Crippen LogP contribution < -0.4 is 10.6 Å². The van der Waals surface area contributed by atoms with Gasteiger partial charge in [0.05, 0.1) is 6.04 Å². The van der Waals surface area contributed by atoms with Gasteiger partial charge in [-0.15, -0.1) is 0 Å². The van der Waals surface area contributed by atoms with E-state index in [0.29, 0.717) is 23.4 Å². The largest absolute Gasteiger partial charge is 0.356 e. The van der Waals surface area contributed by atoms with Gasteiger partial charge in [-0.3, -0.25) is 14.4 Å². The third-order valence-corrected chi connectivity index (χ3v) is 8.73. The van der Waals surface area contributed by atoms with Crippen molar-refractivity contribution in [1.82, 2.24) is 20.5 Å². The van der Waals surface area contributed by atoms with Crippen molar-refractivity contribution >= 4 is 40.2 Å². The number of nitrogens with one attached hydrogen (secondary N) is 3. The van der Waals surface area contributed by atoms with Crippen LogP contribution in [0.15, 0.2) is 72.8 Å². The van der Waals surface area contributed by atoms with E-state index in [4.69, 9.17) is 11.6 Å². The highest BCUT2D eigenvalue weighted by atomic mass is 35.5. The predicted octanol–water partition coefficient (Wildman–Crippen LogP) is 5.14. The minimum atomic E-state index is -0.764. The van der Waals surface area contributed by atoms with Gasteiger partial charge in [0.1, 0.15) is 12.1 Å². The lowest BCUT2D eigenvalue weighted by molar-refractivity contribution is -0.133. The molecule has 4 atom stereocenters. The van der Waals surface area contributed by atoms with Gasteiger partial charge in [-0.2, -0.15) is 0 Å². The summed E-state index contributed by atoms with van der Waals surface area (Å²) in [5.74, 6) is -0.905. The van der Waals surface area contributed by atoms with E-state index in [9.17, 15) is 14.4 Å². The van der Waals surface area contributed by atoms with Crippen molar-refractivity contribution in [3.05, 3.63) is 106 Å². The van der Waals surface area contributed by atoms with Crippen molar-refractivity contribution in [1.29, 1.82) is 0 Å². The van der Waals surface area contributed by atoms with Gasteiger partial charge in [0.15, 0.2) is 0 Å². The number of carbonyl (C=O) groups excluding carboxylic acids is 3. The van der Waals surface area contributed by atoms with Crippen molar-refractivity contribution in [2.24, 2.45) is 5.92 Å². The molecule has 0 bridgehead atoms. The maximum atomic E-state index is 14.1. The Labute approximate surface area is 237 Å². The van der Waals surface area contributed by atoms with Crippen molar-refractivity contribution in [2.75, 3.05) is 0 Å². The number of H-pyrrole nitrogens is 1. The van der Waals surface area contributed by atoms with Crippen LogP contribution in [0.5, 0.6) is 0 Å². The van der Waals surface area contributed by atoms with E-state index in [0.717, 1.165) is 33.3 Å². The Morgan fingerprint density at radius 1 is 1.05 bits per heavy atom. The first-order chi connectivity index (χ1) is 19.4. The minimum Gasteiger partial charge on any atom is -0.356 e. The smallest absolute Gasteiger partial charge is 0.255 e. The number of rotatable bonds is 7. The third-order valence-electron chi connectivity index (χ3n) is 8.36. The van der Waals surface area contributed by atoms with Crippen LogP contribution in [0.4, 0.5) is 0 Å². The minimum absolute atomic E-state index is 0.121. The molecular formula is C32H31ClN4O3. The number of fused-ring (bicyclic) bond motifs is 7. The summed E-state index contributed by atoms with van der Waals surface area (Å²) in [5.41, 5.74) is 5.24. The van der Waals surface area contributed by atoms with Crippen LogP contribution in [-0.2, 0) is 22.6 Å². The quantitative estimate of drug-likeness (QED) is 0.295. The molecule has 4 aromatic rings. The molecule has 7 nitrogen and oxygen atoms in total. The summed E-state index contributed by atoms with van der Waals surface area (Å²) in [6, 6.07) is 21.0. The lowest BCUT2D eigenvalue weighted by atomic mass is 9.89. The highest BCUT2D eigenvalue weighted by Gasteiger charge is 2.49. The maximum Gasteiger partial charge on any atom is 0.255 e. The number of hydrogen-bond acceptors (Lipinski definition) is 3. The summed E-state index contributed by atoms with van der Waals surface area (Å²) in [6.45, 7) is 4.18. The summed E-state index contributed by atoms with van der Waals surface area (Å²) in [6.07, 6.45) is 1.05. The van der Waals surface area contributed by atoms with E-state index >= 15 is 0 Å². The monoisotopic (exact) mass is 554 g/mol. The van der Waals surface area contributed by atoms with E-state index in [1.54, 1.807) is 11.0 Å².